The Morgan fingerprint density at radius 3 is 2.33 bits per heavy atom. The third kappa shape index (κ3) is 13.5. The number of nitrogens with one attached hydrogen (secondary N) is 3. The van der Waals surface area contributed by atoms with Gasteiger partial charge in [0.05, 0.1) is 13.0 Å². The first-order valence-electron chi connectivity index (χ1n) is 7.56. The van der Waals surface area contributed by atoms with Crippen LogP contribution in [0, 0.1) is 0 Å². The van der Waals surface area contributed by atoms with E-state index in [9.17, 15) is 9.59 Å². The number of ether oxygens (including phenoxy) is 1. The summed E-state index contributed by atoms with van der Waals surface area (Å²) in [6.07, 6.45) is 6.14. The highest BCUT2D eigenvalue weighted by Gasteiger charge is 2.05. The highest BCUT2D eigenvalue weighted by Crippen LogP contribution is 2.04. The molecule has 0 aromatic carbocycles. The van der Waals surface area contributed by atoms with Crippen molar-refractivity contribution < 1.29 is 14.3 Å². The normalized spacial score (nSPS) is 10.0. The van der Waals surface area contributed by atoms with Crippen LogP contribution in [0.1, 0.15) is 58.8 Å². The molecule has 21 heavy (non-hydrogen) atoms. The molecule has 0 unspecified atom stereocenters. The quantitative estimate of drug-likeness (QED) is 0.325. The second-order valence-electron chi connectivity index (χ2n) is 4.66. The van der Waals surface area contributed by atoms with Gasteiger partial charge in [0.25, 0.3) is 0 Å². The number of thiocarbonyl (C=S) groups is 1. The zero-order chi connectivity index (χ0) is 15.9. The topological polar surface area (TPSA) is 79.5 Å². The van der Waals surface area contributed by atoms with Gasteiger partial charge in [-0.2, -0.15) is 0 Å². The molecule has 7 heteroatoms. The predicted octanol–water partition coefficient (Wildman–Crippen LogP) is 1.80. The van der Waals surface area contributed by atoms with E-state index < -0.39 is 0 Å². The van der Waals surface area contributed by atoms with Gasteiger partial charge in [-0.05, 0) is 25.6 Å². The first kappa shape index (κ1) is 19.8. The molecule has 0 aromatic heterocycles. The second kappa shape index (κ2) is 13.8. The van der Waals surface area contributed by atoms with Crippen molar-refractivity contribution in [1.82, 2.24) is 16.2 Å². The minimum atomic E-state index is -0.236. The monoisotopic (exact) mass is 317 g/mol. The zero-order valence-electron chi connectivity index (χ0n) is 13.0. The maximum atomic E-state index is 11.6. The summed E-state index contributed by atoms with van der Waals surface area (Å²) in [4.78, 5) is 22.9. The van der Waals surface area contributed by atoms with Crippen LogP contribution in [0.2, 0.25) is 0 Å². The molecule has 0 bridgehead atoms. The van der Waals surface area contributed by atoms with Gasteiger partial charge in [-0.1, -0.05) is 32.6 Å². The molecule has 6 nitrogen and oxygen atoms in total. The SMILES string of the molecule is CCCCCCCC(=O)NC(=S)NNC(=O)CCOCC. The van der Waals surface area contributed by atoms with E-state index in [1.165, 1.54) is 12.8 Å². The van der Waals surface area contributed by atoms with Crippen LogP contribution >= 0.6 is 12.2 Å². The number of hydrazine groups is 1. The van der Waals surface area contributed by atoms with E-state index in [0.717, 1.165) is 19.3 Å². The highest BCUT2D eigenvalue weighted by molar-refractivity contribution is 7.80. The Balaban J connectivity index is 3.59. The van der Waals surface area contributed by atoms with Gasteiger partial charge in [0.15, 0.2) is 5.11 Å². The summed E-state index contributed by atoms with van der Waals surface area (Å²) in [6, 6.07) is 0. The molecule has 0 saturated carbocycles. The number of carbonyl (C=O) groups excluding carboxylic acids is 2. The molecule has 0 aliphatic heterocycles. The first-order valence-corrected chi connectivity index (χ1v) is 7.97. The summed E-state index contributed by atoms with van der Waals surface area (Å²) in [5.41, 5.74) is 4.90. The largest absolute Gasteiger partial charge is 0.381 e. The summed E-state index contributed by atoms with van der Waals surface area (Å²) in [5.74, 6) is -0.368. The lowest BCUT2D eigenvalue weighted by Gasteiger charge is -2.10. The van der Waals surface area contributed by atoms with Crippen molar-refractivity contribution in [2.75, 3.05) is 13.2 Å². The van der Waals surface area contributed by atoms with E-state index in [4.69, 9.17) is 17.0 Å². The number of rotatable bonds is 10. The molecule has 0 fully saturated rings. The standard InChI is InChI=1S/C14H27N3O3S/c1-3-5-6-7-8-9-12(18)15-14(21)17-16-13(19)10-11-20-4-2/h3-11H2,1-2H3,(H,16,19)(H2,15,17,18,21). The minimum Gasteiger partial charge on any atom is -0.381 e. The highest BCUT2D eigenvalue weighted by atomic mass is 32.1. The fraction of sp³-hybridized carbons (Fsp3) is 0.786. The third-order valence-corrected chi connectivity index (χ3v) is 2.96. The van der Waals surface area contributed by atoms with Gasteiger partial charge in [-0.15, -0.1) is 0 Å². The molecule has 0 aromatic rings. The molecular formula is C14H27N3O3S. The predicted molar refractivity (Wildman–Crippen MR) is 86.5 cm³/mol. The average Bonchev–Trinajstić information content (AvgIpc) is 2.45. The van der Waals surface area contributed by atoms with E-state index in [1.54, 1.807) is 0 Å². The van der Waals surface area contributed by atoms with Crippen molar-refractivity contribution in [2.45, 2.75) is 58.8 Å². The molecule has 3 N–H and O–H groups in total. The molecule has 0 rings (SSSR count). The lowest BCUT2D eigenvalue weighted by molar-refractivity contribution is -0.123. The summed E-state index contributed by atoms with van der Waals surface area (Å²) < 4.78 is 5.06. The fourth-order valence-electron chi connectivity index (χ4n) is 1.61. The van der Waals surface area contributed by atoms with Gasteiger partial charge in [-0.3, -0.25) is 20.4 Å². The van der Waals surface area contributed by atoms with Crippen molar-refractivity contribution in [3.8, 4) is 0 Å². The van der Waals surface area contributed by atoms with Gasteiger partial charge < -0.3 is 10.1 Å². The number of carbonyl (C=O) groups is 2. The molecule has 0 aliphatic carbocycles. The molecular weight excluding hydrogens is 290 g/mol. The van der Waals surface area contributed by atoms with E-state index in [0.29, 0.717) is 19.6 Å². The molecule has 0 spiro atoms. The maximum absolute atomic E-state index is 11.6. The van der Waals surface area contributed by atoms with Crippen LogP contribution in [0.3, 0.4) is 0 Å². The van der Waals surface area contributed by atoms with E-state index >= 15 is 0 Å². The molecule has 0 atom stereocenters. The summed E-state index contributed by atoms with van der Waals surface area (Å²) in [6.45, 7) is 4.96. The second-order valence-corrected chi connectivity index (χ2v) is 5.07. The Kier molecular flexibility index (Phi) is 13.0. The van der Waals surface area contributed by atoms with E-state index in [1.807, 2.05) is 6.92 Å². The van der Waals surface area contributed by atoms with Crippen LogP contribution < -0.4 is 16.2 Å². The third-order valence-electron chi connectivity index (χ3n) is 2.75. The molecule has 0 heterocycles. The Morgan fingerprint density at radius 2 is 1.67 bits per heavy atom. The fourth-order valence-corrected chi connectivity index (χ4v) is 1.77. The Morgan fingerprint density at radius 1 is 0.952 bits per heavy atom. The molecule has 0 saturated heterocycles. The average molecular weight is 317 g/mol. The molecule has 0 aliphatic rings. The number of hydrogen-bond donors (Lipinski definition) is 3. The van der Waals surface area contributed by atoms with Crippen LogP contribution in [-0.2, 0) is 14.3 Å². The van der Waals surface area contributed by atoms with E-state index in [2.05, 4.69) is 23.1 Å². The zero-order valence-corrected chi connectivity index (χ0v) is 13.8. The van der Waals surface area contributed by atoms with Crippen LogP contribution in [0.25, 0.3) is 0 Å². The lowest BCUT2D eigenvalue weighted by atomic mass is 10.1. The summed E-state index contributed by atoms with van der Waals surface area (Å²) >= 11 is 4.92. The summed E-state index contributed by atoms with van der Waals surface area (Å²) in [5, 5.41) is 2.64. The van der Waals surface area contributed by atoms with Gasteiger partial charge in [0.2, 0.25) is 11.8 Å². The minimum absolute atomic E-state index is 0.110. The maximum Gasteiger partial charge on any atom is 0.240 e. The first-order chi connectivity index (χ1) is 10.1. The van der Waals surface area contributed by atoms with Gasteiger partial charge in [0, 0.05) is 13.0 Å². The Bertz CT molecular complexity index is 325. The Hall–Kier alpha value is -1.21. The van der Waals surface area contributed by atoms with Gasteiger partial charge in [-0.25, -0.2) is 0 Å². The van der Waals surface area contributed by atoms with Crippen molar-refractivity contribution >= 4 is 29.1 Å². The molecule has 2 amide bonds. The van der Waals surface area contributed by atoms with Crippen molar-refractivity contribution in [2.24, 2.45) is 0 Å². The van der Waals surface area contributed by atoms with Crippen LogP contribution in [0.15, 0.2) is 0 Å². The Labute approximate surface area is 132 Å². The lowest BCUT2D eigenvalue weighted by Crippen LogP contribution is -2.48. The summed E-state index contributed by atoms with van der Waals surface area (Å²) in [7, 11) is 0. The number of unbranched alkanes of at least 4 members (excludes halogenated alkanes) is 4. The molecule has 0 radical (unpaired) electrons. The van der Waals surface area contributed by atoms with E-state index in [-0.39, 0.29) is 23.3 Å². The smallest absolute Gasteiger partial charge is 0.240 e. The number of amides is 2. The van der Waals surface area contributed by atoms with Crippen LogP contribution in [0.5, 0.6) is 0 Å². The van der Waals surface area contributed by atoms with Crippen LogP contribution in [0.4, 0.5) is 0 Å². The number of hydrogen-bond acceptors (Lipinski definition) is 4. The van der Waals surface area contributed by atoms with Crippen LogP contribution in [-0.4, -0.2) is 30.1 Å². The molecule has 122 valence electrons. The van der Waals surface area contributed by atoms with Gasteiger partial charge >= 0.3 is 0 Å². The van der Waals surface area contributed by atoms with Crippen molar-refractivity contribution in [1.29, 1.82) is 0 Å². The van der Waals surface area contributed by atoms with Crippen molar-refractivity contribution in [3.05, 3.63) is 0 Å². The van der Waals surface area contributed by atoms with Gasteiger partial charge in [0.1, 0.15) is 0 Å². The van der Waals surface area contributed by atoms with Crippen molar-refractivity contribution in [3.63, 3.8) is 0 Å².